The molecule has 0 bridgehead atoms. The van der Waals surface area contributed by atoms with Crippen molar-refractivity contribution in [2.45, 2.75) is 26.2 Å². The fraction of sp³-hybridized carbons (Fsp3) is 0.357. The number of ether oxygens (including phenoxy) is 1. The summed E-state index contributed by atoms with van der Waals surface area (Å²) in [4.78, 5) is 11.0. The average molecular weight is 217 g/mol. The van der Waals surface area contributed by atoms with Gasteiger partial charge in [-0.3, -0.25) is 0 Å². The van der Waals surface area contributed by atoms with Crippen LogP contribution in [0.3, 0.4) is 0 Å². The molecule has 1 aromatic carbocycles. The largest absolute Gasteiger partial charge is 0.462 e. The third kappa shape index (κ3) is 4.78. The molecule has 1 radical (unpaired) electrons. The lowest BCUT2D eigenvalue weighted by molar-refractivity contribution is -0.139. The first-order valence-corrected chi connectivity index (χ1v) is 5.48. The van der Waals surface area contributed by atoms with Gasteiger partial charge in [0.05, 0.1) is 6.61 Å². The van der Waals surface area contributed by atoms with Crippen LogP contribution < -0.4 is 0 Å². The van der Waals surface area contributed by atoms with Gasteiger partial charge in [-0.15, -0.1) is 0 Å². The molecule has 0 saturated carbocycles. The van der Waals surface area contributed by atoms with Crippen LogP contribution >= 0.6 is 0 Å². The van der Waals surface area contributed by atoms with Crippen LogP contribution in [0.2, 0.25) is 0 Å². The molecule has 0 aliphatic heterocycles. The molecule has 2 nitrogen and oxygen atoms in total. The van der Waals surface area contributed by atoms with Crippen LogP contribution in [0.25, 0.3) is 0 Å². The van der Waals surface area contributed by atoms with E-state index in [0.717, 1.165) is 19.3 Å². The predicted octanol–water partition coefficient (Wildman–Crippen LogP) is 2.93. The minimum Gasteiger partial charge on any atom is -0.462 e. The third-order valence-electron chi connectivity index (χ3n) is 2.20. The molecule has 2 heteroatoms. The molecule has 16 heavy (non-hydrogen) atoms. The molecule has 0 aliphatic carbocycles. The summed E-state index contributed by atoms with van der Waals surface area (Å²) >= 11 is 0. The van der Waals surface area contributed by atoms with Crippen molar-refractivity contribution in [1.29, 1.82) is 0 Å². The number of esters is 1. The SMILES string of the molecule is C=C(C)C(=O)OCCCCc1[c]cccc1. The maximum absolute atomic E-state index is 11.0. The van der Waals surface area contributed by atoms with Gasteiger partial charge in [-0.2, -0.15) is 0 Å². The molecule has 0 N–H and O–H groups in total. The summed E-state index contributed by atoms with van der Waals surface area (Å²) in [5, 5.41) is 0. The fourth-order valence-electron chi connectivity index (χ4n) is 1.29. The Kier molecular flexibility index (Phi) is 5.34. The van der Waals surface area contributed by atoms with Crippen LogP contribution in [0.4, 0.5) is 0 Å². The van der Waals surface area contributed by atoms with E-state index in [9.17, 15) is 4.79 Å². The lowest BCUT2D eigenvalue weighted by atomic mass is 10.1. The van der Waals surface area contributed by atoms with Gasteiger partial charge in [0.2, 0.25) is 0 Å². The van der Waals surface area contributed by atoms with Crippen LogP contribution in [-0.4, -0.2) is 12.6 Å². The highest BCUT2D eigenvalue weighted by molar-refractivity contribution is 5.86. The fourth-order valence-corrected chi connectivity index (χ4v) is 1.29. The number of carbonyl (C=O) groups is 1. The zero-order valence-electron chi connectivity index (χ0n) is 9.66. The normalized spacial score (nSPS) is 9.81. The maximum Gasteiger partial charge on any atom is 0.333 e. The number of aryl methyl sites for hydroxylation is 1. The summed E-state index contributed by atoms with van der Waals surface area (Å²) < 4.78 is 4.99. The average Bonchev–Trinajstić information content (AvgIpc) is 2.29. The predicted molar refractivity (Wildman–Crippen MR) is 64.0 cm³/mol. The van der Waals surface area contributed by atoms with Gasteiger partial charge >= 0.3 is 5.97 Å². The van der Waals surface area contributed by atoms with Crippen molar-refractivity contribution in [1.82, 2.24) is 0 Å². The summed E-state index contributed by atoms with van der Waals surface area (Å²) in [7, 11) is 0. The van der Waals surface area contributed by atoms with E-state index in [4.69, 9.17) is 4.74 Å². The van der Waals surface area contributed by atoms with E-state index in [2.05, 4.69) is 18.7 Å². The Morgan fingerprint density at radius 3 is 2.88 bits per heavy atom. The molecule has 0 amide bonds. The maximum atomic E-state index is 11.0. The van der Waals surface area contributed by atoms with E-state index in [1.807, 2.05) is 18.2 Å². The van der Waals surface area contributed by atoms with Gasteiger partial charge in [0, 0.05) is 5.57 Å². The van der Waals surface area contributed by atoms with Gasteiger partial charge in [-0.1, -0.05) is 30.8 Å². The third-order valence-corrected chi connectivity index (χ3v) is 2.20. The minimum absolute atomic E-state index is 0.300. The summed E-state index contributed by atoms with van der Waals surface area (Å²) in [6, 6.07) is 11.1. The van der Waals surface area contributed by atoms with Gasteiger partial charge in [0.1, 0.15) is 0 Å². The molecule has 85 valence electrons. The number of hydrogen-bond acceptors (Lipinski definition) is 2. The van der Waals surface area contributed by atoms with Gasteiger partial charge in [-0.25, -0.2) is 4.79 Å². The van der Waals surface area contributed by atoms with Crippen molar-refractivity contribution in [3.8, 4) is 0 Å². The highest BCUT2D eigenvalue weighted by atomic mass is 16.5. The van der Waals surface area contributed by atoms with Crippen molar-refractivity contribution in [2.24, 2.45) is 0 Å². The van der Waals surface area contributed by atoms with E-state index in [-0.39, 0.29) is 5.97 Å². The Bertz CT molecular complexity index is 341. The lowest BCUT2D eigenvalue weighted by Gasteiger charge is -2.04. The van der Waals surface area contributed by atoms with Crippen LogP contribution in [0.5, 0.6) is 0 Å². The topological polar surface area (TPSA) is 26.3 Å². The summed E-state index contributed by atoms with van der Waals surface area (Å²) in [6.45, 7) is 5.65. The number of carbonyl (C=O) groups excluding carboxylic acids is 1. The van der Waals surface area contributed by atoms with E-state index in [1.165, 1.54) is 5.56 Å². The molecule has 0 atom stereocenters. The van der Waals surface area contributed by atoms with Gasteiger partial charge < -0.3 is 4.74 Å². The molecule has 0 fully saturated rings. The van der Waals surface area contributed by atoms with Crippen molar-refractivity contribution in [2.75, 3.05) is 6.61 Å². The molecule has 1 aromatic rings. The van der Waals surface area contributed by atoms with Crippen molar-refractivity contribution in [3.05, 3.63) is 48.0 Å². The van der Waals surface area contributed by atoms with Gasteiger partial charge in [0.25, 0.3) is 0 Å². The lowest BCUT2D eigenvalue weighted by Crippen LogP contribution is -2.06. The molecule has 0 aliphatic rings. The monoisotopic (exact) mass is 217 g/mol. The van der Waals surface area contributed by atoms with Crippen LogP contribution in [0.15, 0.2) is 36.4 Å². The van der Waals surface area contributed by atoms with E-state index < -0.39 is 0 Å². The van der Waals surface area contributed by atoms with Crippen molar-refractivity contribution >= 4 is 5.97 Å². The standard InChI is InChI=1S/C14H17O2/c1-12(2)14(15)16-11-7-6-10-13-8-4-3-5-9-13/h3-5,8H,1,6-7,10-11H2,2H3. The van der Waals surface area contributed by atoms with E-state index in [0.29, 0.717) is 12.2 Å². The molecular formula is C14H17O2. The molecule has 0 heterocycles. The van der Waals surface area contributed by atoms with Gasteiger partial charge in [0.15, 0.2) is 0 Å². The van der Waals surface area contributed by atoms with E-state index in [1.54, 1.807) is 6.92 Å². The van der Waals surface area contributed by atoms with Crippen LogP contribution in [-0.2, 0) is 16.0 Å². The second-order valence-electron chi connectivity index (χ2n) is 3.76. The minimum atomic E-state index is -0.300. The second kappa shape index (κ2) is 6.83. The number of hydrogen-bond donors (Lipinski definition) is 0. The summed E-state index contributed by atoms with van der Waals surface area (Å²) in [5.74, 6) is -0.300. The zero-order valence-corrected chi connectivity index (χ0v) is 9.66. The Morgan fingerprint density at radius 2 is 2.25 bits per heavy atom. The Balaban J connectivity index is 2.09. The molecule has 0 spiro atoms. The number of rotatable bonds is 6. The van der Waals surface area contributed by atoms with E-state index >= 15 is 0 Å². The Morgan fingerprint density at radius 1 is 1.44 bits per heavy atom. The summed E-state index contributed by atoms with van der Waals surface area (Å²) in [5.41, 5.74) is 1.66. The highest BCUT2D eigenvalue weighted by Crippen LogP contribution is 2.04. The molecule has 0 saturated heterocycles. The number of unbranched alkanes of at least 4 members (excludes halogenated alkanes) is 1. The van der Waals surface area contributed by atoms with Crippen LogP contribution in [0, 0.1) is 6.07 Å². The molecule has 0 unspecified atom stereocenters. The van der Waals surface area contributed by atoms with Crippen molar-refractivity contribution in [3.63, 3.8) is 0 Å². The number of benzene rings is 1. The molecule has 1 rings (SSSR count). The first-order valence-electron chi connectivity index (χ1n) is 5.48. The molecular weight excluding hydrogens is 200 g/mol. The Hall–Kier alpha value is -1.57. The second-order valence-corrected chi connectivity index (χ2v) is 3.76. The van der Waals surface area contributed by atoms with Crippen LogP contribution in [0.1, 0.15) is 25.3 Å². The zero-order chi connectivity index (χ0) is 11.8. The first-order chi connectivity index (χ1) is 7.70. The first kappa shape index (κ1) is 12.5. The van der Waals surface area contributed by atoms with Gasteiger partial charge in [-0.05, 0) is 37.8 Å². The molecule has 0 aromatic heterocycles. The smallest absolute Gasteiger partial charge is 0.333 e. The quantitative estimate of drug-likeness (QED) is 0.416. The summed E-state index contributed by atoms with van der Waals surface area (Å²) in [6.07, 6.45) is 2.86. The Labute approximate surface area is 96.9 Å². The highest BCUT2D eigenvalue weighted by Gasteiger charge is 2.01. The van der Waals surface area contributed by atoms with Crippen molar-refractivity contribution < 1.29 is 9.53 Å².